The molecule has 1 saturated heterocycles. The van der Waals surface area contributed by atoms with Gasteiger partial charge in [-0.1, -0.05) is 26.0 Å². The van der Waals surface area contributed by atoms with Crippen molar-refractivity contribution >= 4 is 11.0 Å². The van der Waals surface area contributed by atoms with Gasteiger partial charge < -0.3 is 9.88 Å². The smallest absolute Gasteiger partial charge is 0.114 e. The maximum absolute atomic E-state index is 4.98. The Morgan fingerprint density at radius 2 is 2.21 bits per heavy atom. The van der Waals surface area contributed by atoms with Crippen LogP contribution in [0.4, 0.5) is 0 Å². The molecule has 1 N–H and O–H groups in total. The van der Waals surface area contributed by atoms with Crippen molar-refractivity contribution in [2.24, 2.45) is 7.05 Å². The number of nitrogens with one attached hydrogen (secondary N) is 1. The number of benzene rings is 1. The first-order valence-electron chi connectivity index (χ1n) is 7.34. The standard InChI is InChI=1S/C16H23N3/c1-11(2)13-7-4-8-14-15(13)18-16(19(14)3)12-6-5-9-17-10-12/h4,7-8,11-12,17H,5-6,9-10H2,1-3H3. The third kappa shape index (κ3) is 2.16. The predicted octanol–water partition coefficient (Wildman–Crippen LogP) is 3.16. The Hall–Kier alpha value is -1.35. The van der Waals surface area contributed by atoms with Gasteiger partial charge in [-0.05, 0) is 36.9 Å². The highest BCUT2D eigenvalue weighted by Crippen LogP contribution is 2.29. The van der Waals surface area contributed by atoms with Crippen LogP contribution in [0.1, 0.15) is 49.9 Å². The summed E-state index contributed by atoms with van der Waals surface area (Å²) in [4.78, 5) is 4.98. The number of imidazole rings is 1. The molecule has 1 aliphatic heterocycles. The van der Waals surface area contributed by atoms with E-state index in [-0.39, 0.29) is 0 Å². The number of aromatic nitrogens is 2. The van der Waals surface area contributed by atoms with E-state index < -0.39 is 0 Å². The van der Waals surface area contributed by atoms with Gasteiger partial charge in [0.15, 0.2) is 0 Å². The van der Waals surface area contributed by atoms with E-state index in [2.05, 4.69) is 49.0 Å². The summed E-state index contributed by atoms with van der Waals surface area (Å²) >= 11 is 0. The molecule has 3 rings (SSSR count). The highest BCUT2D eigenvalue weighted by Gasteiger charge is 2.22. The van der Waals surface area contributed by atoms with Gasteiger partial charge in [-0.2, -0.15) is 0 Å². The van der Waals surface area contributed by atoms with Crippen molar-refractivity contribution in [2.75, 3.05) is 13.1 Å². The van der Waals surface area contributed by atoms with Crippen LogP contribution >= 0.6 is 0 Å². The number of fused-ring (bicyclic) bond motifs is 1. The highest BCUT2D eigenvalue weighted by atomic mass is 15.1. The van der Waals surface area contributed by atoms with Gasteiger partial charge in [-0.25, -0.2) is 4.98 Å². The van der Waals surface area contributed by atoms with Crippen molar-refractivity contribution in [3.63, 3.8) is 0 Å². The molecule has 1 fully saturated rings. The van der Waals surface area contributed by atoms with Crippen LogP contribution in [0.2, 0.25) is 0 Å². The van der Waals surface area contributed by atoms with Gasteiger partial charge in [-0.3, -0.25) is 0 Å². The van der Waals surface area contributed by atoms with Crippen molar-refractivity contribution in [3.8, 4) is 0 Å². The van der Waals surface area contributed by atoms with Crippen molar-refractivity contribution in [3.05, 3.63) is 29.6 Å². The van der Waals surface area contributed by atoms with Gasteiger partial charge >= 0.3 is 0 Å². The molecule has 19 heavy (non-hydrogen) atoms. The maximum Gasteiger partial charge on any atom is 0.114 e. The number of piperidine rings is 1. The minimum atomic E-state index is 0.524. The maximum atomic E-state index is 4.98. The summed E-state index contributed by atoms with van der Waals surface area (Å²) in [5.41, 5.74) is 3.83. The summed E-state index contributed by atoms with van der Waals surface area (Å²) in [5.74, 6) is 2.33. The molecule has 1 aliphatic rings. The minimum Gasteiger partial charge on any atom is -0.331 e. The molecule has 3 nitrogen and oxygen atoms in total. The lowest BCUT2D eigenvalue weighted by Crippen LogP contribution is -2.29. The number of rotatable bonds is 2. The van der Waals surface area contributed by atoms with E-state index in [0.29, 0.717) is 11.8 Å². The zero-order chi connectivity index (χ0) is 13.4. The molecule has 2 aromatic rings. The van der Waals surface area contributed by atoms with Crippen LogP contribution in [0.15, 0.2) is 18.2 Å². The lowest BCUT2D eigenvalue weighted by molar-refractivity contribution is 0.440. The second-order valence-corrected chi connectivity index (χ2v) is 5.94. The molecule has 3 heteroatoms. The van der Waals surface area contributed by atoms with E-state index in [1.54, 1.807) is 0 Å². The molecule has 0 bridgehead atoms. The average molecular weight is 257 g/mol. The summed E-state index contributed by atoms with van der Waals surface area (Å²) in [6.45, 7) is 6.70. The molecule has 1 atom stereocenters. The molecule has 1 aromatic carbocycles. The number of hydrogen-bond acceptors (Lipinski definition) is 2. The van der Waals surface area contributed by atoms with Crippen LogP contribution in [-0.2, 0) is 7.05 Å². The van der Waals surface area contributed by atoms with Crippen LogP contribution < -0.4 is 5.32 Å². The fourth-order valence-corrected chi connectivity index (χ4v) is 3.16. The molecule has 102 valence electrons. The Bertz CT molecular complexity index is 577. The second kappa shape index (κ2) is 4.97. The fourth-order valence-electron chi connectivity index (χ4n) is 3.16. The van der Waals surface area contributed by atoms with Crippen molar-refractivity contribution < 1.29 is 0 Å². The molecule has 0 amide bonds. The number of hydrogen-bond donors (Lipinski definition) is 1. The molecule has 1 unspecified atom stereocenters. The molecule has 0 aliphatic carbocycles. The third-order valence-electron chi connectivity index (χ3n) is 4.26. The Labute approximate surface area is 115 Å². The minimum absolute atomic E-state index is 0.524. The largest absolute Gasteiger partial charge is 0.331 e. The van der Waals surface area contributed by atoms with Gasteiger partial charge in [0.05, 0.1) is 11.0 Å². The summed E-state index contributed by atoms with van der Waals surface area (Å²) in [7, 11) is 2.16. The second-order valence-electron chi connectivity index (χ2n) is 5.94. The summed E-state index contributed by atoms with van der Waals surface area (Å²) < 4.78 is 2.29. The third-order valence-corrected chi connectivity index (χ3v) is 4.26. The molecule has 1 aromatic heterocycles. The van der Waals surface area contributed by atoms with Crippen molar-refractivity contribution in [1.82, 2.24) is 14.9 Å². The predicted molar refractivity (Wildman–Crippen MR) is 79.6 cm³/mol. The van der Waals surface area contributed by atoms with Crippen LogP contribution in [0.5, 0.6) is 0 Å². The summed E-state index contributed by atoms with van der Waals surface area (Å²) in [6.07, 6.45) is 2.51. The topological polar surface area (TPSA) is 29.9 Å². The average Bonchev–Trinajstić information content (AvgIpc) is 2.77. The number of nitrogens with zero attached hydrogens (tertiary/aromatic N) is 2. The first kappa shape index (κ1) is 12.7. The quantitative estimate of drug-likeness (QED) is 0.895. The van der Waals surface area contributed by atoms with Crippen LogP contribution in [0.25, 0.3) is 11.0 Å². The van der Waals surface area contributed by atoms with Gasteiger partial charge in [-0.15, -0.1) is 0 Å². The van der Waals surface area contributed by atoms with Crippen molar-refractivity contribution in [1.29, 1.82) is 0 Å². The molecule has 2 heterocycles. The van der Waals surface area contributed by atoms with Crippen molar-refractivity contribution in [2.45, 2.75) is 38.5 Å². The zero-order valence-corrected chi connectivity index (χ0v) is 12.1. The molecular weight excluding hydrogens is 234 g/mol. The fraction of sp³-hybridized carbons (Fsp3) is 0.562. The van der Waals surface area contributed by atoms with E-state index in [0.717, 1.165) is 13.1 Å². The first-order valence-corrected chi connectivity index (χ1v) is 7.34. The van der Waals surface area contributed by atoms with E-state index in [4.69, 9.17) is 4.98 Å². The SMILES string of the molecule is CC(C)c1cccc2c1nc(C1CCCNC1)n2C. The van der Waals surface area contributed by atoms with Gasteiger partial charge in [0, 0.05) is 19.5 Å². The Kier molecular flexibility index (Phi) is 3.31. The lowest BCUT2D eigenvalue weighted by atomic mass is 9.99. The summed E-state index contributed by atoms with van der Waals surface area (Å²) in [5, 5.41) is 3.49. The normalized spacial score (nSPS) is 20.3. The van der Waals surface area contributed by atoms with Crippen LogP contribution in [0, 0.1) is 0 Å². The zero-order valence-electron chi connectivity index (χ0n) is 12.1. The number of aryl methyl sites for hydroxylation is 1. The van der Waals surface area contributed by atoms with Crippen LogP contribution in [-0.4, -0.2) is 22.6 Å². The molecule has 0 radical (unpaired) electrons. The highest BCUT2D eigenvalue weighted by molar-refractivity contribution is 5.80. The summed E-state index contributed by atoms with van der Waals surface area (Å²) in [6, 6.07) is 6.55. The Morgan fingerprint density at radius 1 is 1.37 bits per heavy atom. The van der Waals surface area contributed by atoms with E-state index in [1.807, 2.05) is 0 Å². The monoisotopic (exact) mass is 257 g/mol. The van der Waals surface area contributed by atoms with Gasteiger partial charge in [0.25, 0.3) is 0 Å². The number of para-hydroxylation sites is 1. The van der Waals surface area contributed by atoms with Gasteiger partial charge in [0.2, 0.25) is 0 Å². The lowest BCUT2D eigenvalue weighted by Gasteiger charge is -2.22. The van der Waals surface area contributed by atoms with E-state index in [9.17, 15) is 0 Å². The first-order chi connectivity index (χ1) is 9.18. The molecule has 0 spiro atoms. The van der Waals surface area contributed by atoms with Gasteiger partial charge in [0.1, 0.15) is 5.82 Å². The van der Waals surface area contributed by atoms with Crippen LogP contribution in [0.3, 0.4) is 0 Å². The van der Waals surface area contributed by atoms with E-state index in [1.165, 1.54) is 35.3 Å². The molecule has 0 saturated carbocycles. The molecular formula is C16H23N3. The Balaban J connectivity index is 2.11. The van der Waals surface area contributed by atoms with E-state index >= 15 is 0 Å². The Morgan fingerprint density at radius 3 is 2.89 bits per heavy atom.